The molecule has 1 N–H and O–H groups in total. The fraction of sp³-hybridized carbons (Fsp3) is 0.150. The fourth-order valence-electron chi connectivity index (χ4n) is 3.11. The summed E-state index contributed by atoms with van der Waals surface area (Å²) >= 11 is 1.12. The molecule has 9 nitrogen and oxygen atoms in total. The topological polar surface area (TPSA) is 108 Å². The van der Waals surface area contributed by atoms with E-state index in [0.717, 1.165) is 29.2 Å². The Morgan fingerprint density at radius 1 is 1.23 bits per heavy atom. The van der Waals surface area contributed by atoms with Gasteiger partial charge in [-0.3, -0.25) is 14.9 Å². The summed E-state index contributed by atoms with van der Waals surface area (Å²) in [6.07, 6.45) is 3.51. The van der Waals surface area contributed by atoms with Gasteiger partial charge in [0, 0.05) is 48.0 Å². The van der Waals surface area contributed by atoms with Gasteiger partial charge in [0.25, 0.3) is 11.6 Å². The first-order valence-corrected chi connectivity index (χ1v) is 9.98. The van der Waals surface area contributed by atoms with E-state index in [-0.39, 0.29) is 11.3 Å². The molecular formula is C20H18N6O3S. The number of nitrogens with one attached hydrogen (secondary N) is 1. The van der Waals surface area contributed by atoms with Gasteiger partial charge in [-0.15, -0.1) is 10.2 Å². The van der Waals surface area contributed by atoms with E-state index in [2.05, 4.69) is 27.0 Å². The predicted octanol–water partition coefficient (Wildman–Crippen LogP) is 4.10. The first-order chi connectivity index (χ1) is 14.5. The van der Waals surface area contributed by atoms with Crippen LogP contribution in [-0.2, 0) is 13.6 Å². The van der Waals surface area contributed by atoms with Gasteiger partial charge in [0.15, 0.2) is 5.16 Å². The minimum atomic E-state index is -0.505. The molecule has 0 aliphatic heterocycles. The van der Waals surface area contributed by atoms with E-state index in [1.807, 2.05) is 30.5 Å². The van der Waals surface area contributed by atoms with E-state index >= 15 is 0 Å². The molecule has 0 radical (unpaired) electrons. The highest BCUT2D eigenvalue weighted by molar-refractivity contribution is 7.99. The molecule has 0 unspecified atom stereocenters. The second kappa shape index (κ2) is 7.99. The van der Waals surface area contributed by atoms with Gasteiger partial charge in [-0.2, -0.15) is 0 Å². The van der Waals surface area contributed by atoms with Crippen LogP contribution in [-0.4, -0.2) is 30.2 Å². The van der Waals surface area contributed by atoms with Crippen molar-refractivity contribution in [1.82, 2.24) is 19.3 Å². The summed E-state index contributed by atoms with van der Waals surface area (Å²) < 4.78 is 3.77. The SMILES string of the molecule is CCn1ccc2cc(NC(=O)c3ccc(Sc4nncn4C)c([N+](=O)[O-])c3)ccc21. The normalized spacial score (nSPS) is 11.0. The van der Waals surface area contributed by atoms with Crippen molar-refractivity contribution in [2.45, 2.75) is 23.5 Å². The molecule has 30 heavy (non-hydrogen) atoms. The van der Waals surface area contributed by atoms with Gasteiger partial charge in [-0.05, 0) is 55.1 Å². The lowest BCUT2D eigenvalue weighted by Gasteiger charge is -2.08. The van der Waals surface area contributed by atoms with Crippen LogP contribution in [0.1, 0.15) is 17.3 Å². The van der Waals surface area contributed by atoms with Gasteiger partial charge in [-0.1, -0.05) is 0 Å². The van der Waals surface area contributed by atoms with E-state index in [1.54, 1.807) is 23.7 Å². The Bertz CT molecular complexity index is 1260. The number of nitro benzene ring substituents is 1. The van der Waals surface area contributed by atoms with Crippen LogP contribution in [0.15, 0.2) is 65.0 Å². The van der Waals surface area contributed by atoms with Crippen molar-refractivity contribution in [1.29, 1.82) is 0 Å². The first kappa shape index (κ1) is 19.6. The molecule has 10 heteroatoms. The maximum absolute atomic E-state index is 12.7. The van der Waals surface area contributed by atoms with Crippen LogP contribution in [0.5, 0.6) is 0 Å². The summed E-state index contributed by atoms with van der Waals surface area (Å²) in [6, 6.07) is 12.0. The lowest BCUT2D eigenvalue weighted by atomic mass is 10.1. The second-order valence-corrected chi connectivity index (χ2v) is 7.60. The number of aromatic nitrogens is 4. The fourth-order valence-corrected chi connectivity index (χ4v) is 3.96. The highest BCUT2D eigenvalue weighted by atomic mass is 32.2. The number of benzene rings is 2. The molecule has 0 saturated heterocycles. The average Bonchev–Trinajstić information content (AvgIpc) is 3.33. The first-order valence-electron chi connectivity index (χ1n) is 9.17. The molecule has 2 aromatic heterocycles. The summed E-state index contributed by atoms with van der Waals surface area (Å²) in [6.45, 7) is 2.92. The van der Waals surface area contributed by atoms with Crippen molar-refractivity contribution in [2.75, 3.05) is 5.32 Å². The average molecular weight is 422 g/mol. The Hall–Kier alpha value is -3.66. The van der Waals surface area contributed by atoms with Crippen LogP contribution in [0.25, 0.3) is 10.9 Å². The van der Waals surface area contributed by atoms with E-state index in [0.29, 0.717) is 15.7 Å². The summed E-state index contributed by atoms with van der Waals surface area (Å²) in [5.41, 5.74) is 1.75. The van der Waals surface area contributed by atoms with Crippen LogP contribution < -0.4 is 5.32 Å². The highest BCUT2D eigenvalue weighted by Gasteiger charge is 2.20. The number of nitrogens with zero attached hydrogens (tertiary/aromatic N) is 5. The second-order valence-electron chi connectivity index (χ2n) is 6.60. The molecule has 4 aromatic rings. The van der Waals surface area contributed by atoms with Crippen molar-refractivity contribution in [3.8, 4) is 0 Å². The number of amides is 1. The number of hydrogen-bond acceptors (Lipinski definition) is 6. The molecule has 0 spiro atoms. The zero-order chi connectivity index (χ0) is 21.3. The van der Waals surface area contributed by atoms with Gasteiger partial charge in [0.05, 0.1) is 9.82 Å². The number of nitro groups is 1. The predicted molar refractivity (Wildman–Crippen MR) is 114 cm³/mol. The number of aryl methyl sites for hydroxylation is 2. The smallest absolute Gasteiger partial charge is 0.284 e. The number of carbonyl (C=O) groups excluding carboxylic acids is 1. The molecule has 0 atom stereocenters. The molecule has 0 fully saturated rings. The summed E-state index contributed by atoms with van der Waals surface area (Å²) in [4.78, 5) is 24.1. The zero-order valence-corrected chi connectivity index (χ0v) is 17.1. The number of hydrogen-bond donors (Lipinski definition) is 1. The van der Waals surface area contributed by atoms with Crippen LogP contribution >= 0.6 is 11.8 Å². The molecule has 0 aliphatic carbocycles. The quantitative estimate of drug-likeness (QED) is 0.370. The Balaban J connectivity index is 1.58. The van der Waals surface area contributed by atoms with E-state index < -0.39 is 10.8 Å². The Labute approximate surface area is 175 Å². The molecule has 0 bridgehead atoms. The maximum Gasteiger partial charge on any atom is 0.284 e. The third-order valence-corrected chi connectivity index (χ3v) is 5.78. The minimum absolute atomic E-state index is 0.161. The summed E-state index contributed by atoms with van der Waals surface area (Å²) in [5, 5.41) is 23.6. The molecule has 0 saturated carbocycles. The van der Waals surface area contributed by atoms with Crippen LogP contribution in [0.4, 0.5) is 11.4 Å². The lowest BCUT2D eigenvalue weighted by molar-refractivity contribution is -0.387. The molecule has 2 aromatic carbocycles. The van der Waals surface area contributed by atoms with Gasteiger partial charge in [-0.25, -0.2) is 0 Å². The van der Waals surface area contributed by atoms with E-state index in [1.165, 1.54) is 12.4 Å². The van der Waals surface area contributed by atoms with Gasteiger partial charge in [0.1, 0.15) is 6.33 Å². The maximum atomic E-state index is 12.7. The largest absolute Gasteiger partial charge is 0.348 e. The number of anilines is 1. The monoisotopic (exact) mass is 422 g/mol. The Morgan fingerprint density at radius 2 is 2.07 bits per heavy atom. The molecule has 1 amide bonds. The van der Waals surface area contributed by atoms with Crippen LogP contribution in [0.3, 0.4) is 0 Å². The van der Waals surface area contributed by atoms with Crippen molar-refractivity contribution >= 4 is 39.9 Å². The standard InChI is InChI=1S/C20H18N6O3S/c1-3-25-9-8-13-10-15(5-6-16(13)25)22-19(27)14-4-7-18(17(11-14)26(28)29)30-20-23-21-12-24(20)2/h4-12H,3H2,1-2H3,(H,22,27). The van der Waals surface area contributed by atoms with Crippen molar-refractivity contribution in [2.24, 2.45) is 7.05 Å². The van der Waals surface area contributed by atoms with Crippen LogP contribution in [0.2, 0.25) is 0 Å². The van der Waals surface area contributed by atoms with Crippen molar-refractivity contribution in [3.05, 3.63) is 70.7 Å². The van der Waals surface area contributed by atoms with Crippen molar-refractivity contribution < 1.29 is 9.72 Å². The van der Waals surface area contributed by atoms with E-state index in [4.69, 9.17) is 0 Å². The van der Waals surface area contributed by atoms with Gasteiger partial charge in [0.2, 0.25) is 0 Å². The third kappa shape index (κ3) is 3.77. The summed E-state index contributed by atoms with van der Waals surface area (Å²) in [5.74, 6) is -0.414. The lowest BCUT2D eigenvalue weighted by Crippen LogP contribution is -2.12. The minimum Gasteiger partial charge on any atom is -0.348 e. The molecule has 2 heterocycles. The number of carbonyl (C=O) groups is 1. The van der Waals surface area contributed by atoms with Crippen molar-refractivity contribution in [3.63, 3.8) is 0 Å². The number of rotatable bonds is 6. The van der Waals surface area contributed by atoms with Gasteiger partial charge < -0.3 is 14.5 Å². The zero-order valence-electron chi connectivity index (χ0n) is 16.3. The highest BCUT2D eigenvalue weighted by Crippen LogP contribution is 2.34. The third-order valence-electron chi connectivity index (χ3n) is 4.66. The molecule has 152 valence electrons. The Kier molecular flexibility index (Phi) is 5.23. The van der Waals surface area contributed by atoms with Crippen LogP contribution in [0, 0.1) is 10.1 Å². The Morgan fingerprint density at radius 3 is 2.77 bits per heavy atom. The number of fused-ring (bicyclic) bond motifs is 1. The summed E-state index contributed by atoms with van der Waals surface area (Å²) in [7, 11) is 1.75. The van der Waals surface area contributed by atoms with E-state index in [9.17, 15) is 14.9 Å². The molecular weight excluding hydrogens is 404 g/mol. The van der Waals surface area contributed by atoms with Gasteiger partial charge >= 0.3 is 0 Å². The molecule has 0 aliphatic rings. The molecule has 4 rings (SSSR count).